The number of aryl methyl sites for hydroxylation is 1. The molecule has 0 aliphatic rings. The highest BCUT2D eigenvalue weighted by atomic mass is 32.2. The monoisotopic (exact) mass is 419 g/mol. The molecule has 2 aromatic rings. The molecule has 0 saturated heterocycles. The summed E-state index contributed by atoms with van der Waals surface area (Å²) in [6.45, 7) is 1.21. The van der Waals surface area contributed by atoms with E-state index in [2.05, 4.69) is 10.2 Å². The van der Waals surface area contributed by atoms with Crippen LogP contribution in [0.3, 0.4) is 0 Å². The fraction of sp³-hybridized carbons (Fsp3) is 0.381. The lowest BCUT2D eigenvalue weighted by atomic mass is 10.1. The molecule has 0 radical (unpaired) electrons. The molecule has 0 aromatic heterocycles. The molecule has 29 heavy (non-hydrogen) atoms. The van der Waals surface area contributed by atoms with Gasteiger partial charge in [-0.1, -0.05) is 18.2 Å². The molecule has 0 aliphatic heterocycles. The number of nitrogens with one attached hydrogen (secondary N) is 1. The van der Waals surface area contributed by atoms with E-state index in [1.165, 1.54) is 27.3 Å². The lowest BCUT2D eigenvalue weighted by molar-refractivity contribution is -0.120. The summed E-state index contributed by atoms with van der Waals surface area (Å²) >= 11 is 0. The van der Waals surface area contributed by atoms with Crippen LogP contribution in [0.2, 0.25) is 0 Å². The molecule has 0 unspecified atom stereocenters. The Morgan fingerprint density at radius 2 is 1.76 bits per heavy atom. The van der Waals surface area contributed by atoms with Crippen molar-refractivity contribution in [1.29, 1.82) is 0 Å². The van der Waals surface area contributed by atoms with Crippen LogP contribution >= 0.6 is 0 Å². The third-order valence-electron chi connectivity index (χ3n) is 4.62. The number of anilines is 1. The van der Waals surface area contributed by atoms with Crippen LogP contribution in [0.5, 0.6) is 5.75 Å². The van der Waals surface area contributed by atoms with E-state index in [0.29, 0.717) is 30.8 Å². The first-order chi connectivity index (χ1) is 13.8. The summed E-state index contributed by atoms with van der Waals surface area (Å²) in [6.07, 6.45) is 0.636. The number of rotatable bonds is 10. The van der Waals surface area contributed by atoms with Gasteiger partial charge in [0.25, 0.3) is 0 Å². The molecule has 7 nitrogen and oxygen atoms in total. The second-order valence-electron chi connectivity index (χ2n) is 6.87. The zero-order chi connectivity index (χ0) is 21.4. The van der Waals surface area contributed by atoms with Gasteiger partial charge >= 0.3 is 0 Å². The Bertz CT molecular complexity index is 915. The fourth-order valence-electron chi connectivity index (χ4n) is 2.83. The van der Waals surface area contributed by atoms with E-state index < -0.39 is 10.0 Å². The largest absolute Gasteiger partial charge is 0.496 e. The minimum absolute atomic E-state index is 0.0885. The predicted octanol–water partition coefficient (Wildman–Crippen LogP) is 2.13. The van der Waals surface area contributed by atoms with E-state index in [0.717, 1.165) is 9.99 Å². The second kappa shape index (κ2) is 10.3. The van der Waals surface area contributed by atoms with Gasteiger partial charge in [0.05, 0.1) is 12.0 Å². The van der Waals surface area contributed by atoms with Crippen molar-refractivity contribution in [3.05, 3.63) is 54.1 Å². The van der Waals surface area contributed by atoms with E-state index >= 15 is 0 Å². The number of hydrogen-bond acceptors (Lipinski definition) is 5. The van der Waals surface area contributed by atoms with Gasteiger partial charge in [0.15, 0.2) is 0 Å². The summed E-state index contributed by atoms with van der Waals surface area (Å²) in [7, 11) is 2.93. The number of nitrogens with zero attached hydrogens (tertiary/aromatic N) is 2. The molecular formula is C21H29N3O4S. The second-order valence-corrected chi connectivity index (χ2v) is 9.02. The van der Waals surface area contributed by atoms with E-state index in [4.69, 9.17) is 4.74 Å². The third kappa shape index (κ3) is 6.20. The molecule has 2 rings (SSSR count). The average Bonchev–Trinajstić information content (AvgIpc) is 2.72. The van der Waals surface area contributed by atoms with Crippen molar-refractivity contribution < 1.29 is 17.9 Å². The minimum Gasteiger partial charge on any atom is -0.496 e. The van der Waals surface area contributed by atoms with Gasteiger partial charge in [-0.3, -0.25) is 4.79 Å². The van der Waals surface area contributed by atoms with Gasteiger partial charge in [-0.25, -0.2) is 12.7 Å². The number of carbonyl (C=O) groups is 1. The van der Waals surface area contributed by atoms with Crippen LogP contribution in [0, 0.1) is 0 Å². The van der Waals surface area contributed by atoms with E-state index in [-0.39, 0.29) is 17.2 Å². The van der Waals surface area contributed by atoms with Crippen molar-refractivity contribution in [1.82, 2.24) is 9.62 Å². The van der Waals surface area contributed by atoms with Gasteiger partial charge < -0.3 is 15.0 Å². The Kier molecular flexibility index (Phi) is 8.04. The Morgan fingerprint density at radius 3 is 2.38 bits per heavy atom. The molecule has 0 heterocycles. The van der Waals surface area contributed by atoms with Crippen LogP contribution in [0.4, 0.5) is 5.69 Å². The summed E-state index contributed by atoms with van der Waals surface area (Å²) < 4.78 is 31.2. The first-order valence-corrected chi connectivity index (χ1v) is 10.8. The van der Waals surface area contributed by atoms with Crippen LogP contribution in [-0.2, 0) is 21.2 Å². The Hall–Kier alpha value is -2.58. The number of carbonyl (C=O) groups excluding carboxylic acids is 1. The SMILES string of the molecule is COc1ccc(S(=O)(=O)N(C)C)cc1CCC(=O)NCCN(C)c1ccccc1. The third-order valence-corrected chi connectivity index (χ3v) is 6.43. The summed E-state index contributed by atoms with van der Waals surface area (Å²) in [5.74, 6) is 0.480. The summed E-state index contributed by atoms with van der Waals surface area (Å²) in [4.78, 5) is 14.5. The predicted molar refractivity (Wildman–Crippen MR) is 115 cm³/mol. The fourth-order valence-corrected chi connectivity index (χ4v) is 3.79. The van der Waals surface area contributed by atoms with Crippen LogP contribution in [-0.4, -0.2) is 60.0 Å². The van der Waals surface area contributed by atoms with Gasteiger partial charge in [-0.05, 0) is 42.3 Å². The van der Waals surface area contributed by atoms with Crippen LogP contribution in [0.1, 0.15) is 12.0 Å². The molecule has 1 N–H and O–H groups in total. The highest BCUT2D eigenvalue weighted by Crippen LogP contribution is 2.25. The number of likely N-dealkylation sites (N-methyl/N-ethyl adjacent to an activating group) is 1. The molecule has 2 aromatic carbocycles. The molecule has 0 atom stereocenters. The van der Waals surface area contributed by atoms with Crippen LogP contribution in [0.15, 0.2) is 53.4 Å². The van der Waals surface area contributed by atoms with Crippen LogP contribution < -0.4 is 15.0 Å². The van der Waals surface area contributed by atoms with Gasteiger partial charge in [0.2, 0.25) is 15.9 Å². The molecule has 0 bridgehead atoms. The molecule has 0 saturated carbocycles. The standard InChI is InChI=1S/C21H29N3O4S/c1-23(2)29(26,27)19-11-12-20(28-4)17(16-19)10-13-21(25)22-14-15-24(3)18-8-6-5-7-9-18/h5-9,11-12,16H,10,13-15H2,1-4H3,(H,22,25). The molecular weight excluding hydrogens is 390 g/mol. The van der Waals surface area contributed by atoms with Gasteiger partial charge in [-0.2, -0.15) is 0 Å². The maximum atomic E-state index is 12.3. The maximum Gasteiger partial charge on any atom is 0.242 e. The Labute approximate surface area is 173 Å². The van der Waals surface area contributed by atoms with Crippen molar-refractivity contribution in [2.75, 3.05) is 46.2 Å². The van der Waals surface area contributed by atoms with Crippen LogP contribution in [0.25, 0.3) is 0 Å². The molecule has 158 valence electrons. The number of methoxy groups -OCH3 is 1. The molecule has 0 aliphatic carbocycles. The zero-order valence-electron chi connectivity index (χ0n) is 17.4. The van der Waals surface area contributed by atoms with Crippen molar-refractivity contribution >= 4 is 21.6 Å². The van der Waals surface area contributed by atoms with E-state index in [9.17, 15) is 13.2 Å². The topological polar surface area (TPSA) is 79.0 Å². The average molecular weight is 420 g/mol. The number of amides is 1. The van der Waals surface area contributed by atoms with Gasteiger partial charge in [-0.15, -0.1) is 0 Å². The minimum atomic E-state index is -3.54. The van der Waals surface area contributed by atoms with E-state index in [1.54, 1.807) is 12.1 Å². The van der Waals surface area contributed by atoms with Gasteiger partial charge in [0, 0.05) is 46.3 Å². The highest BCUT2D eigenvalue weighted by molar-refractivity contribution is 7.89. The molecule has 0 spiro atoms. The summed E-state index contributed by atoms with van der Waals surface area (Å²) in [5, 5.41) is 2.91. The van der Waals surface area contributed by atoms with Crippen molar-refractivity contribution in [2.24, 2.45) is 0 Å². The maximum absolute atomic E-state index is 12.3. The number of ether oxygens (including phenoxy) is 1. The lowest BCUT2D eigenvalue weighted by Gasteiger charge is -2.19. The first-order valence-electron chi connectivity index (χ1n) is 9.38. The Balaban J connectivity index is 1.92. The highest BCUT2D eigenvalue weighted by Gasteiger charge is 2.19. The quantitative estimate of drug-likeness (QED) is 0.638. The van der Waals surface area contributed by atoms with Crippen molar-refractivity contribution in [3.63, 3.8) is 0 Å². The number of hydrogen-bond donors (Lipinski definition) is 1. The van der Waals surface area contributed by atoms with Crippen molar-refractivity contribution in [3.8, 4) is 5.75 Å². The van der Waals surface area contributed by atoms with E-state index in [1.807, 2.05) is 37.4 Å². The number of para-hydroxylation sites is 1. The molecule has 8 heteroatoms. The zero-order valence-corrected chi connectivity index (χ0v) is 18.2. The van der Waals surface area contributed by atoms with Crippen molar-refractivity contribution in [2.45, 2.75) is 17.7 Å². The number of benzene rings is 2. The molecule has 1 amide bonds. The lowest BCUT2D eigenvalue weighted by Crippen LogP contribution is -2.33. The number of sulfonamides is 1. The normalized spacial score (nSPS) is 11.3. The Morgan fingerprint density at radius 1 is 1.07 bits per heavy atom. The summed E-state index contributed by atoms with van der Waals surface area (Å²) in [6, 6.07) is 14.7. The smallest absolute Gasteiger partial charge is 0.242 e. The van der Waals surface area contributed by atoms with Gasteiger partial charge in [0.1, 0.15) is 5.75 Å². The molecule has 0 fully saturated rings. The first kappa shape index (κ1) is 22.7. The summed E-state index contributed by atoms with van der Waals surface area (Å²) in [5.41, 5.74) is 1.78.